The summed E-state index contributed by atoms with van der Waals surface area (Å²) >= 11 is 0. The van der Waals surface area contributed by atoms with Crippen LogP contribution in [0.2, 0.25) is 0 Å². The molecule has 2 atom stereocenters. The lowest BCUT2D eigenvalue weighted by Gasteiger charge is -2.35. The molecule has 0 spiro atoms. The first-order chi connectivity index (χ1) is 8.77. The number of hydrogen-bond donors (Lipinski definition) is 1. The molecule has 0 saturated carbocycles. The molecule has 2 rings (SSSR count). The molecule has 0 amide bonds. The van der Waals surface area contributed by atoms with Gasteiger partial charge in [-0.2, -0.15) is 0 Å². The van der Waals surface area contributed by atoms with Crippen molar-refractivity contribution in [3.05, 3.63) is 29.6 Å². The van der Waals surface area contributed by atoms with Crippen molar-refractivity contribution in [2.45, 2.75) is 39.2 Å². The van der Waals surface area contributed by atoms with E-state index in [1.807, 2.05) is 12.4 Å². The van der Waals surface area contributed by atoms with Gasteiger partial charge in [0.25, 0.3) is 0 Å². The summed E-state index contributed by atoms with van der Waals surface area (Å²) in [6, 6.07) is 2.57. The molecular weight excluding hydrogens is 222 g/mol. The number of pyridine rings is 1. The Labute approximate surface area is 110 Å². The van der Waals surface area contributed by atoms with E-state index >= 15 is 0 Å². The van der Waals surface area contributed by atoms with Gasteiger partial charge in [0.05, 0.1) is 0 Å². The summed E-state index contributed by atoms with van der Waals surface area (Å²) in [5, 5.41) is 0. The van der Waals surface area contributed by atoms with Crippen LogP contribution in [-0.4, -0.2) is 29.5 Å². The molecule has 2 unspecified atom stereocenters. The average molecular weight is 247 g/mol. The van der Waals surface area contributed by atoms with Crippen molar-refractivity contribution in [1.29, 1.82) is 0 Å². The third-order valence-electron chi connectivity index (χ3n) is 4.22. The molecule has 1 aromatic rings. The summed E-state index contributed by atoms with van der Waals surface area (Å²) in [4.78, 5) is 6.90. The monoisotopic (exact) mass is 247 g/mol. The van der Waals surface area contributed by atoms with Gasteiger partial charge < -0.3 is 5.73 Å². The van der Waals surface area contributed by atoms with Crippen LogP contribution in [-0.2, 0) is 0 Å². The van der Waals surface area contributed by atoms with Crippen molar-refractivity contribution in [2.75, 3.05) is 19.6 Å². The van der Waals surface area contributed by atoms with Crippen LogP contribution in [0.5, 0.6) is 0 Å². The van der Waals surface area contributed by atoms with E-state index in [1.165, 1.54) is 36.9 Å². The molecule has 3 heteroatoms. The first-order valence-electron chi connectivity index (χ1n) is 7.12. The second-order valence-corrected chi connectivity index (χ2v) is 5.30. The first kappa shape index (κ1) is 13.5. The van der Waals surface area contributed by atoms with E-state index in [2.05, 4.69) is 29.8 Å². The molecule has 1 aliphatic rings. The number of aryl methyl sites for hydroxylation is 1. The minimum absolute atomic E-state index is 0.455. The fraction of sp³-hybridized carbons (Fsp3) is 0.667. The predicted octanol–water partition coefficient (Wildman–Crippen LogP) is 2.51. The Hall–Kier alpha value is -0.930. The zero-order valence-corrected chi connectivity index (χ0v) is 11.6. The fourth-order valence-corrected chi connectivity index (χ4v) is 3.15. The molecule has 2 heterocycles. The van der Waals surface area contributed by atoms with Crippen molar-refractivity contribution >= 4 is 0 Å². The number of rotatable bonds is 3. The number of hydrogen-bond acceptors (Lipinski definition) is 3. The molecule has 0 bridgehead atoms. The van der Waals surface area contributed by atoms with Crippen LogP contribution in [0.3, 0.4) is 0 Å². The third kappa shape index (κ3) is 2.73. The Bertz CT molecular complexity index is 364. The Morgan fingerprint density at radius 2 is 2.28 bits per heavy atom. The average Bonchev–Trinajstić information content (AvgIpc) is 2.60. The SMILES string of the molecule is CCN1CCCCC(CN)C1c1cnccc1C. The standard InChI is InChI=1S/C15H25N3/c1-3-18-9-5-4-6-13(10-16)15(18)14-11-17-8-7-12(14)2/h7-8,11,13,15H,3-6,9-10,16H2,1-2H3. The fourth-order valence-electron chi connectivity index (χ4n) is 3.15. The van der Waals surface area contributed by atoms with E-state index in [0.717, 1.165) is 13.1 Å². The highest BCUT2D eigenvalue weighted by Crippen LogP contribution is 2.35. The molecule has 2 N–H and O–H groups in total. The maximum Gasteiger partial charge on any atom is 0.0406 e. The molecule has 1 saturated heterocycles. The maximum atomic E-state index is 6.02. The number of nitrogens with zero attached hydrogens (tertiary/aromatic N) is 2. The zero-order chi connectivity index (χ0) is 13.0. The van der Waals surface area contributed by atoms with E-state index in [-0.39, 0.29) is 0 Å². The Morgan fingerprint density at radius 1 is 1.44 bits per heavy atom. The van der Waals surface area contributed by atoms with E-state index in [9.17, 15) is 0 Å². The minimum atomic E-state index is 0.455. The highest BCUT2D eigenvalue weighted by Gasteiger charge is 2.30. The lowest BCUT2D eigenvalue weighted by Crippen LogP contribution is -2.36. The van der Waals surface area contributed by atoms with Gasteiger partial charge in [-0.25, -0.2) is 0 Å². The molecule has 18 heavy (non-hydrogen) atoms. The molecule has 0 aliphatic carbocycles. The lowest BCUT2D eigenvalue weighted by molar-refractivity contribution is 0.165. The molecule has 100 valence electrons. The van der Waals surface area contributed by atoms with Gasteiger partial charge in [-0.15, -0.1) is 0 Å². The Morgan fingerprint density at radius 3 is 2.94 bits per heavy atom. The minimum Gasteiger partial charge on any atom is -0.330 e. The highest BCUT2D eigenvalue weighted by molar-refractivity contribution is 5.26. The van der Waals surface area contributed by atoms with Gasteiger partial charge in [-0.1, -0.05) is 13.3 Å². The molecule has 0 aromatic carbocycles. The first-order valence-corrected chi connectivity index (χ1v) is 7.12. The maximum absolute atomic E-state index is 6.02. The number of likely N-dealkylation sites (tertiary alicyclic amines) is 1. The summed E-state index contributed by atoms with van der Waals surface area (Å²) in [5.41, 5.74) is 8.73. The molecule has 0 radical (unpaired) electrons. The smallest absolute Gasteiger partial charge is 0.0406 e. The van der Waals surface area contributed by atoms with Crippen LogP contribution in [0, 0.1) is 12.8 Å². The lowest BCUT2D eigenvalue weighted by atomic mass is 9.88. The van der Waals surface area contributed by atoms with Crippen LogP contribution in [0.4, 0.5) is 0 Å². The zero-order valence-electron chi connectivity index (χ0n) is 11.6. The Balaban J connectivity index is 2.36. The van der Waals surface area contributed by atoms with Crippen molar-refractivity contribution in [2.24, 2.45) is 11.7 Å². The van der Waals surface area contributed by atoms with Gasteiger partial charge in [0.2, 0.25) is 0 Å². The van der Waals surface area contributed by atoms with Gasteiger partial charge in [-0.3, -0.25) is 9.88 Å². The third-order valence-corrected chi connectivity index (χ3v) is 4.22. The van der Waals surface area contributed by atoms with E-state index in [4.69, 9.17) is 5.73 Å². The molecular formula is C15H25N3. The van der Waals surface area contributed by atoms with Gasteiger partial charge in [-0.05, 0) is 62.5 Å². The largest absolute Gasteiger partial charge is 0.330 e. The molecule has 1 fully saturated rings. The van der Waals surface area contributed by atoms with Gasteiger partial charge in [0.1, 0.15) is 0 Å². The van der Waals surface area contributed by atoms with Gasteiger partial charge >= 0.3 is 0 Å². The summed E-state index contributed by atoms with van der Waals surface area (Å²) in [5.74, 6) is 0.565. The van der Waals surface area contributed by atoms with E-state index in [0.29, 0.717) is 12.0 Å². The summed E-state index contributed by atoms with van der Waals surface area (Å²) in [7, 11) is 0. The molecule has 1 aliphatic heterocycles. The summed E-state index contributed by atoms with van der Waals surface area (Å²) in [6.45, 7) is 7.48. The normalized spacial score (nSPS) is 25.9. The number of aromatic nitrogens is 1. The van der Waals surface area contributed by atoms with Crippen molar-refractivity contribution < 1.29 is 0 Å². The Kier molecular flexibility index (Phi) is 4.72. The van der Waals surface area contributed by atoms with Crippen molar-refractivity contribution in [3.8, 4) is 0 Å². The van der Waals surface area contributed by atoms with Crippen molar-refractivity contribution in [1.82, 2.24) is 9.88 Å². The van der Waals surface area contributed by atoms with Crippen LogP contribution in [0.25, 0.3) is 0 Å². The highest BCUT2D eigenvalue weighted by atomic mass is 15.2. The van der Waals surface area contributed by atoms with Crippen molar-refractivity contribution in [3.63, 3.8) is 0 Å². The quantitative estimate of drug-likeness (QED) is 0.892. The van der Waals surface area contributed by atoms with Crippen LogP contribution in [0.15, 0.2) is 18.5 Å². The number of nitrogens with two attached hydrogens (primary N) is 1. The molecule has 3 nitrogen and oxygen atoms in total. The predicted molar refractivity (Wildman–Crippen MR) is 75.4 cm³/mol. The van der Waals surface area contributed by atoms with E-state index in [1.54, 1.807) is 0 Å². The van der Waals surface area contributed by atoms with Gasteiger partial charge in [0, 0.05) is 18.4 Å². The van der Waals surface area contributed by atoms with E-state index < -0.39 is 0 Å². The second kappa shape index (κ2) is 6.30. The summed E-state index contributed by atoms with van der Waals surface area (Å²) < 4.78 is 0. The van der Waals surface area contributed by atoms with Gasteiger partial charge in [0.15, 0.2) is 0 Å². The topological polar surface area (TPSA) is 42.1 Å². The van der Waals surface area contributed by atoms with Crippen LogP contribution in [0.1, 0.15) is 43.4 Å². The van der Waals surface area contributed by atoms with Crippen LogP contribution < -0.4 is 5.73 Å². The molecule has 1 aromatic heterocycles. The van der Waals surface area contributed by atoms with Crippen LogP contribution >= 0.6 is 0 Å². The second-order valence-electron chi connectivity index (χ2n) is 5.30. The summed E-state index contributed by atoms with van der Waals surface area (Å²) in [6.07, 6.45) is 7.75.